The first-order valence-corrected chi connectivity index (χ1v) is 7.47. The summed E-state index contributed by atoms with van der Waals surface area (Å²) < 4.78 is 0. The van der Waals surface area contributed by atoms with E-state index in [1.54, 1.807) is 30.3 Å². The van der Waals surface area contributed by atoms with Gasteiger partial charge in [0.2, 0.25) is 0 Å². The van der Waals surface area contributed by atoms with Crippen molar-refractivity contribution < 1.29 is 9.59 Å². The average Bonchev–Trinajstić information content (AvgIpc) is 2.57. The van der Waals surface area contributed by atoms with Gasteiger partial charge in [-0.1, -0.05) is 23.8 Å². The molecule has 0 aromatic heterocycles. The van der Waals surface area contributed by atoms with Gasteiger partial charge in [0.15, 0.2) is 0 Å². The third-order valence-corrected chi connectivity index (χ3v) is 3.12. The zero-order chi connectivity index (χ0) is 17.4. The lowest BCUT2D eigenvalue weighted by Gasteiger charge is -2.09. The van der Waals surface area contributed by atoms with Crippen LogP contribution in [0.5, 0.6) is 0 Å². The van der Waals surface area contributed by atoms with Crippen LogP contribution in [-0.2, 0) is 0 Å². The largest absolute Gasteiger partial charge is 0.334 e. The van der Waals surface area contributed by atoms with E-state index in [4.69, 9.17) is 0 Å². The van der Waals surface area contributed by atoms with Crippen LogP contribution in [-0.4, -0.2) is 18.6 Å². The minimum atomic E-state index is -0.330. The summed E-state index contributed by atoms with van der Waals surface area (Å²) in [4.78, 5) is 23.4. The second kappa shape index (κ2) is 8.38. The Morgan fingerprint density at radius 2 is 1.25 bits per heavy atom. The Labute approximate surface area is 141 Å². The Kier molecular flexibility index (Phi) is 5.96. The molecule has 0 heterocycles. The van der Waals surface area contributed by atoms with Crippen molar-refractivity contribution in [3.63, 3.8) is 0 Å². The zero-order valence-corrected chi connectivity index (χ0v) is 13.4. The number of urea groups is 2. The second-order valence-corrected chi connectivity index (χ2v) is 5.15. The van der Waals surface area contributed by atoms with Crippen LogP contribution in [0.3, 0.4) is 0 Å². The van der Waals surface area contributed by atoms with E-state index in [1.807, 2.05) is 31.2 Å². The summed E-state index contributed by atoms with van der Waals surface area (Å²) in [7, 11) is 0. The number of amides is 4. The van der Waals surface area contributed by atoms with Crippen LogP contribution < -0.4 is 21.3 Å². The van der Waals surface area contributed by atoms with Gasteiger partial charge in [-0.2, -0.15) is 0 Å². The first-order valence-electron chi connectivity index (χ1n) is 7.47. The van der Waals surface area contributed by atoms with E-state index in [9.17, 15) is 9.59 Å². The van der Waals surface area contributed by atoms with Crippen molar-refractivity contribution in [3.8, 4) is 0 Å². The number of carbonyl (C=O) groups excluding carboxylic acids is 2. The summed E-state index contributed by atoms with van der Waals surface area (Å²) in [5.41, 5.74) is 3.09. The molecule has 0 aliphatic heterocycles. The summed E-state index contributed by atoms with van der Waals surface area (Å²) in [6, 6.07) is 13.7. The van der Waals surface area contributed by atoms with E-state index < -0.39 is 0 Å². The molecule has 2 aromatic rings. The normalized spacial score (nSPS) is 9.71. The standard InChI is InChI=1S/C18H20N4O2/c1-3-12-19-17(23)20-15-8-10-16(11-9-15)22-18(24)21-14-6-4-13(2)5-7-14/h3-11H,1,12H2,2H3,(H2,19,20,23)(H2,21,22,24). The maximum atomic E-state index is 11.9. The van der Waals surface area contributed by atoms with Crippen LogP contribution >= 0.6 is 0 Å². The fourth-order valence-corrected chi connectivity index (χ4v) is 1.91. The van der Waals surface area contributed by atoms with Gasteiger partial charge in [-0.3, -0.25) is 0 Å². The summed E-state index contributed by atoms with van der Waals surface area (Å²) in [6.45, 7) is 5.90. The first-order chi connectivity index (χ1) is 11.6. The summed E-state index contributed by atoms with van der Waals surface area (Å²) in [5, 5.41) is 10.8. The quantitative estimate of drug-likeness (QED) is 0.628. The number of hydrogen-bond acceptors (Lipinski definition) is 2. The van der Waals surface area contributed by atoms with Crippen LogP contribution in [0.1, 0.15) is 5.56 Å². The predicted octanol–water partition coefficient (Wildman–Crippen LogP) is 3.95. The Morgan fingerprint density at radius 1 is 0.833 bits per heavy atom. The minimum Gasteiger partial charge on any atom is -0.334 e. The number of carbonyl (C=O) groups is 2. The maximum Gasteiger partial charge on any atom is 0.323 e. The highest BCUT2D eigenvalue weighted by Crippen LogP contribution is 2.14. The molecular weight excluding hydrogens is 304 g/mol. The van der Waals surface area contributed by atoms with E-state index >= 15 is 0 Å². The lowest BCUT2D eigenvalue weighted by Crippen LogP contribution is -2.28. The third kappa shape index (κ3) is 5.49. The average molecular weight is 324 g/mol. The van der Waals surface area contributed by atoms with Gasteiger partial charge in [0.1, 0.15) is 0 Å². The number of anilines is 3. The molecule has 4 N–H and O–H groups in total. The molecule has 0 aliphatic carbocycles. The van der Waals surface area contributed by atoms with Gasteiger partial charge in [0.05, 0.1) is 0 Å². The van der Waals surface area contributed by atoms with Crippen LogP contribution in [0.25, 0.3) is 0 Å². The minimum absolute atomic E-state index is 0.312. The number of nitrogens with one attached hydrogen (secondary N) is 4. The topological polar surface area (TPSA) is 82.3 Å². The SMILES string of the molecule is C=CCNC(=O)Nc1ccc(NC(=O)Nc2ccc(C)cc2)cc1. The van der Waals surface area contributed by atoms with Crippen LogP contribution in [0.4, 0.5) is 26.7 Å². The van der Waals surface area contributed by atoms with E-state index in [2.05, 4.69) is 27.8 Å². The molecule has 0 radical (unpaired) electrons. The van der Waals surface area contributed by atoms with Crippen molar-refractivity contribution in [2.75, 3.05) is 22.5 Å². The zero-order valence-electron chi connectivity index (χ0n) is 13.4. The molecule has 0 atom stereocenters. The molecule has 6 heteroatoms. The highest BCUT2D eigenvalue weighted by molar-refractivity contribution is 6.00. The van der Waals surface area contributed by atoms with Gasteiger partial charge >= 0.3 is 12.1 Å². The molecular formula is C18H20N4O2. The van der Waals surface area contributed by atoms with Gasteiger partial charge in [-0.25, -0.2) is 9.59 Å². The van der Waals surface area contributed by atoms with Gasteiger partial charge in [0, 0.05) is 23.6 Å². The van der Waals surface area contributed by atoms with Gasteiger partial charge in [-0.05, 0) is 43.3 Å². The van der Waals surface area contributed by atoms with Crippen molar-refractivity contribution in [3.05, 3.63) is 66.7 Å². The summed E-state index contributed by atoms with van der Waals surface area (Å²) in [6.07, 6.45) is 1.60. The Morgan fingerprint density at radius 3 is 1.71 bits per heavy atom. The van der Waals surface area contributed by atoms with E-state index in [-0.39, 0.29) is 12.1 Å². The maximum absolute atomic E-state index is 11.9. The third-order valence-electron chi connectivity index (χ3n) is 3.12. The molecule has 0 saturated heterocycles. The number of benzene rings is 2. The first kappa shape index (κ1) is 17.1. The van der Waals surface area contributed by atoms with Crippen LogP contribution in [0.15, 0.2) is 61.2 Å². The Bertz CT molecular complexity index is 709. The predicted molar refractivity (Wildman–Crippen MR) is 97.5 cm³/mol. The highest BCUT2D eigenvalue weighted by Gasteiger charge is 2.04. The summed E-state index contributed by atoms with van der Waals surface area (Å²) in [5.74, 6) is 0. The van der Waals surface area contributed by atoms with Crippen molar-refractivity contribution in [1.29, 1.82) is 0 Å². The van der Waals surface area contributed by atoms with Crippen molar-refractivity contribution in [1.82, 2.24) is 5.32 Å². The van der Waals surface area contributed by atoms with Crippen LogP contribution in [0, 0.1) is 6.92 Å². The molecule has 0 fully saturated rings. The van der Waals surface area contributed by atoms with Crippen molar-refractivity contribution in [2.24, 2.45) is 0 Å². The fraction of sp³-hybridized carbons (Fsp3) is 0.111. The molecule has 124 valence electrons. The molecule has 0 aliphatic rings. The fourth-order valence-electron chi connectivity index (χ4n) is 1.91. The molecule has 0 spiro atoms. The van der Waals surface area contributed by atoms with E-state index in [1.165, 1.54) is 0 Å². The molecule has 2 aromatic carbocycles. The molecule has 0 bridgehead atoms. The van der Waals surface area contributed by atoms with Crippen molar-refractivity contribution >= 4 is 29.1 Å². The molecule has 24 heavy (non-hydrogen) atoms. The molecule has 2 rings (SSSR count). The highest BCUT2D eigenvalue weighted by atomic mass is 16.2. The number of hydrogen-bond donors (Lipinski definition) is 4. The van der Waals surface area contributed by atoms with E-state index in [0.29, 0.717) is 17.9 Å². The lowest BCUT2D eigenvalue weighted by molar-refractivity contribution is 0.253. The lowest BCUT2D eigenvalue weighted by atomic mass is 10.2. The van der Waals surface area contributed by atoms with Gasteiger partial charge in [-0.15, -0.1) is 6.58 Å². The second-order valence-electron chi connectivity index (χ2n) is 5.15. The molecule has 0 unspecified atom stereocenters. The monoisotopic (exact) mass is 324 g/mol. The van der Waals surface area contributed by atoms with E-state index in [0.717, 1.165) is 11.3 Å². The van der Waals surface area contributed by atoms with Gasteiger partial charge < -0.3 is 21.3 Å². The number of aryl methyl sites for hydroxylation is 1. The molecule has 6 nitrogen and oxygen atoms in total. The Hall–Kier alpha value is -3.28. The number of rotatable bonds is 5. The van der Waals surface area contributed by atoms with Crippen molar-refractivity contribution in [2.45, 2.75) is 6.92 Å². The summed E-state index contributed by atoms with van der Waals surface area (Å²) >= 11 is 0. The van der Waals surface area contributed by atoms with Crippen LogP contribution in [0.2, 0.25) is 0 Å². The van der Waals surface area contributed by atoms with Gasteiger partial charge in [0.25, 0.3) is 0 Å². The Balaban J connectivity index is 1.86. The molecule has 4 amide bonds. The molecule has 0 saturated carbocycles. The smallest absolute Gasteiger partial charge is 0.323 e.